The molecular weight excluding hydrogens is 194 g/mol. The number of fused-ring (bicyclic) bond motifs is 1. The van der Waals surface area contributed by atoms with Crippen molar-refractivity contribution in [2.45, 2.75) is 6.92 Å². The quantitative estimate of drug-likeness (QED) is 0.722. The number of carbonyl (C=O) groups is 1. The van der Waals surface area contributed by atoms with Crippen LogP contribution in [-0.4, -0.2) is 16.1 Å². The smallest absolute Gasteiger partial charge is 0.272 e. The first-order chi connectivity index (χ1) is 7.18. The van der Waals surface area contributed by atoms with E-state index >= 15 is 0 Å². The minimum Gasteiger partial charge on any atom is -0.326 e. The van der Waals surface area contributed by atoms with Gasteiger partial charge in [-0.3, -0.25) is 9.59 Å². The second-order valence-electron chi connectivity index (χ2n) is 3.15. The largest absolute Gasteiger partial charge is 0.326 e. The summed E-state index contributed by atoms with van der Waals surface area (Å²) in [6.45, 7) is 1.42. The normalized spacial score (nSPS) is 10.2. The van der Waals surface area contributed by atoms with Crippen molar-refractivity contribution >= 4 is 22.4 Å². The molecule has 0 fully saturated rings. The minimum absolute atomic E-state index is 0.178. The zero-order valence-corrected chi connectivity index (χ0v) is 8.07. The summed E-state index contributed by atoms with van der Waals surface area (Å²) in [4.78, 5) is 22.3. The number of nitrogens with one attached hydrogen (secondary N) is 2. The lowest BCUT2D eigenvalue weighted by Crippen LogP contribution is -2.10. The maximum atomic E-state index is 11.4. The molecule has 0 aliphatic carbocycles. The van der Waals surface area contributed by atoms with Gasteiger partial charge in [-0.25, -0.2) is 5.10 Å². The van der Waals surface area contributed by atoms with E-state index in [9.17, 15) is 9.59 Å². The number of nitrogens with zero attached hydrogens (tertiary/aromatic N) is 1. The number of aromatic amines is 1. The zero-order chi connectivity index (χ0) is 10.8. The molecule has 0 saturated carbocycles. The predicted octanol–water partition coefficient (Wildman–Crippen LogP) is 0.881. The number of amides is 1. The van der Waals surface area contributed by atoms with Crippen molar-refractivity contribution in [3.8, 4) is 0 Å². The average Bonchev–Trinajstić information content (AvgIpc) is 2.19. The molecule has 15 heavy (non-hydrogen) atoms. The first-order valence-corrected chi connectivity index (χ1v) is 4.42. The maximum Gasteiger partial charge on any atom is 0.272 e. The van der Waals surface area contributed by atoms with Crippen LogP contribution < -0.4 is 10.9 Å². The highest BCUT2D eigenvalue weighted by molar-refractivity contribution is 6.00. The fraction of sp³-hybridized carbons (Fsp3) is 0.100. The van der Waals surface area contributed by atoms with Crippen LogP contribution in [0.15, 0.2) is 29.2 Å². The van der Waals surface area contributed by atoms with E-state index in [2.05, 4.69) is 15.5 Å². The van der Waals surface area contributed by atoms with Crippen LogP contribution in [0, 0.1) is 0 Å². The topological polar surface area (TPSA) is 74.8 Å². The Morgan fingerprint density at radius 2 is 2.20 bits per heavy atom. The Labute approximate surface area is 85.1 Å². The summed E-state index contributed by atoms with van der Waals surface area (Å²) in [6, 6.07) is 5.12. The molecule has 0 unspecified atom stereocenters. The Kier molecular flexibility index (Phi) is 2.21. The van der Waals surface area contributed by atoms with Crippen molar-refractivity contribution in [2.24, 2.45) is 0 Å². The van der Waals surface area contributed by atoms with Gasteiger partial charge in [-0.1, -0.05) is 6.07 Å². The van der Waals surface area contributed by atoms with E-state index in [1.807, 2.05) is 0 Å². The molecule has 2 aromatic rings. The van der Waals surface area contributed by atoms with E-state index in [1.54, 1.807) is 18.2 Å². The third-order valence-corrected chi connectivity index (χ3v) is 2.02. The molecule has 1 aromatic heterocycles. The van der Waals surface area contributed by atoms with Gasteiger partial charge in [0.25, 0.3) is 5.56 Å². The molecule has 76 valence electrons. The Morgan fingerprint density at radius 1 is 1.40 bits per heavy atom. The highest BCUT2D eigenvalue weighted by atomic mass is 16.1. The van der Waals surface area contributed by atoms with E-state index < -0.39 is 0 Å². The highest BCUT2D eigenvalue weighted by Crippen LogP contribution is 2.18. The molecule has 2 N–H and O–H groups in total. The van der Waals surface area contributed by atoms with Crippen LogP contribution in [0.1, 0.15) is 6.92 Å². The minimum atomic E-state index is -0.264. The van der Waals surface area contributed by atoms with Crippen molar-refractivity contribution in [3.63, 3.8) is 0 Å². The molecule has 2 rings (SSSR count). The second-order valence-corrected chi connectivity index (χ2v) is 3.15. The monoisotopic (exact) mass is 203 g/mol. The van der Waals surface area contributed by atoms with Gasteiger partial charge in [-0.15, -0.1) is 0 Å². The van der Waals surface area contributed by atoms with Crippen LogP contribution in [-0.2, 0) is 4.79 Å². The molecule has 0 saturated heterocycles. The average molecular weight is 203 g/mol. The van der Waals surface area contributed by atoms with Gasteiger partial charge >= 0.3 is 0 Å². The first kappa shape index (κ1) is 9.39. The van der Waals surface area contributed by atoms with Gasteiger partial charge in [-0.2, -0.15) is 5.10 Å². The molecule has 5 nitrogen and oxygen atoms in total. The molecule has 0 aliphatic rings. The summed E-state index contributed by atoms with van der Waals surface area (Å²) in [5.41, 5.74) is 0.332. The number of hydrogen-bond acceptors (Lipinski definition) is 3. The van der Waals surface area contributed by atoms with Crippen molar-refractivity contribution in [3.05, 3.63) is 34.7 Å². The van der Waals surface area contributed by atoms with Crippen molar-refractivity contribution in [1.29, 1.82) is 0 Å². The van der Waals surface area contributed by atoms with Crippen LogP contribution in [0.25, 0.3) is 10.8 Å². The molecule has 0 spiro atoms. The van der Waals surface area contributed by atoms with E-state index in [1.165, 1.54) is 13.1 Å². The van der Waals surface area contributed by atoms with Gasteiger partial charge in [0, 0.05) is 12.3 Å². The lowest BCUT2D eigenvalue weighted by molar-refractivity contribution is -0.114. The summed E-state index contributed by atoms with van der Waals surface area (Å²) >= 11 is 0. The number of H-pyrrole nitrogens is 1. The highest BCUT2D eigenvalue weighted by Gasteiger charge is 2.04. The molecule has 1 aromatic carbocycles. The fourth-order valence-corrected chi connectivity index (χ4v) is 1.42. The van der Waals surface area contributed by atoms with Crippen LogP contribution in [0.3, 0.4) is 0 Å². The summed E-state index contributed by atoms with van der Waals surface area (Å²) < 4.78 is 0. The van der Waals surface area contributed by atoms with Gasteiger partial charge in [0.2, 0.25) is 5.91 Å². The van der Waals surface area contributed by atoms with Gasteiger partial charge in [-0.05, 0) is 12.1 Å². The van der Waals surface area contributed by atoms with Crippen LogP contribution in [0.4, 0.5) is 5.69 Å². The van der Waals surface area contributed by atoms with E-state index in [4.69, 9.17) is 0 Å². The molecule has 5 heteroatoms. The molecule has 1 heterocycles. The standard InChI is InChI=1S/C10H9N3O2/c1-6(14)12-9-4-2-3-7-8(9)5-11-13-10(7)15/h2-5H,1H3,(H,12,14)(H,13,15). The molecule has 0 radical (unpaired) electrons. The number of aromatic nitrogens is 2. The number of benzene rings is 1. The first-order valence-electron chi connectivity index (χ1n) is 4.42. The molecule has 1 amide bonds. The van der Waals surface area contributed by atoms with Gasteiger partial charge < -0.3 is 5.32 Å². The second kappa shape index (κ2) is 3.53. The van der Waals surface area contributed by atoms with E-state index in [0.29, 0.717) is 16.5 Å². The summed E-state index contributed by atoms with van der Waals surface area (Å²) in [5, 5.41) is 9.82. The van der Waals surface area contributed by atoms with Crippen LogP contribution in [0.5, 0.6) is 0 Å². The zero-order valence-electron chi connectivity index (χ0n) is 8.07. The predicted molar refractivity (Wildman–Crippen MR) is 56.7 cm³/mol. The van der Waals surface area contributed by atoms with Crippen molar-refractivity contribution in [1.82, 2.24) is 10.2 Å². The van der Waals surface area contributed by atoms with Gasteiger partial charge in [0.05, 0.1) is 17.3 Å². The van der Waals surface area contributed by atoms with Crippen molar-refractivity contribution in [2.75, 3.05) is 5.32 Å². The van der Waals surface area contributed by atoms with Crippen LogP contribution in [0.2, 0.25) is 0 Å². The SMILES string of the molecule is CC(=O)Nc1cccc2c(=O)[nH]ncc12. The summed E-state index contributed by atoms with van der Waals surface area (Å²) in [7, 11) is 0. The lowest BCUT2D eigenvalue weighted by Gasteiger charge is -2.04. The fourth-order valence-electron chi connectivity index (χ4n) is 1.42. The maximum absolute atomic E-state index is 11.4. The number of rotatable bonds is 1. The Bertz CT molecular complexity index is 574. The Hall–Kier alpha value is -2.17. The number of anilines is 1. The third-order valence-electron chi connectivity index (χ3n) is 2.02. The van der Waals surface area contributed by atoms with Gasteiger partial charge in [0.1, 0.15) is 0 Å². The summed E-state index contributed by atoms with van der Waals surface area (Å²) in [6.07, 6.45) is 1.52. The number of carbonyl (C=O) groups excluding carboxylic acids is 1. The van der Waals surface area contributed by atoms with E-state index in [-0.39, 0.29) is 11.5 Å². The Balaban J connectivity index is 2.71. The number of hydrogen-bond donors (Lipinski definition) is 2. The molecule has 0 aliphatic heterocycles. The summed E-state index contributed by atoms with van der Waals surface area (Å²) in [5.74, 6) is -0.178. The molecular formula is C10H9N3O2. The lowest BCUT2D eigenvalue weighted by atomic mass is 10.1. The van der Waals surface area contributed by atoms with Crippen LogP contribution >= 0.6 is 0 Å². The third kappa shape index (κ3) is 1.71. The van der Waals surface area contributed by atoms with Crippen molar-refractivity contribution < 1.29 is 4.79 Å². The molecule has 0 atom stereocenters. The Morgan fingerprint density at radius 3 is 2.93 bits per heavy atom. The van der Waals surface area contributed by atoms with E-state index in [0.717, 1.165) is 0 Å². The van der Waals surface area contributed by atoms with Gasteiger partial charge in [0.15, 0.2) is 0 Å². The molecule has 0 bridgehead atoms.